The van der Waals surface area contributed by atoms with Crippen LogP contribution >= 0.6 is 0 Å². The molecule has 0 spiro atoms. The summed E-state index contributed by atoms with van der Waals surface area (Å²) in [5, 5.41) is 0. The second-order valence-electron chi connectivity index (χ2n) is 4.56. The summed E-state index contributed by atoms with van der Waals surface area (Å²) >= 11 is 0. The van der Waals surface area contributed by atoms with Crippen molar-refractivity contribution in [3.05, 3.63) is 64.7 Å². The van der Waals surface area contributed by atoms with E-state index in [4.69, 9.17) is 10.5 Å². The molecule has 2 aromatic rings. The lowest BCUT2D eigenvalue weighted by atomic mass is 10.1. The Kier molecular flexibility index (Phi) is 4.81. The van der Waals surface area contributed by atoms with Gasteiger partial charge in [-0.05, 0) is 55.3 Å². The molecular weight excluding hydrogens is 246 g/mol. The number of ether oxygens (including phenoxy) is 1. The van der Waals surface area contributed by atoms with Crippen LogP contribution in [0.1, 0.15) is 29.2 Å². The highest BCUT2D eigenvalue weighted by Gasteiger charge is 1.98. The first-order chi connectivity index (χ1) is 9.72. The molecule has 0 bridgehead atoms. The number of benzene rings is 2. The van der Waals surface area contributed by atoms with Gasteiger partial charge in [-0.15, -0.1) is 0 Å². The van der Waals surface area contributed by atoms with Crippen LogP contribution in [0.2, 0.25) is 0 Å². The Bertz CT molecular complexity index is 633. The van der Waals surface area contributed by atoms with Crippen molar-refractivity contribution in [2.45, 2.75) is 20.4 Å². The van der Waals surface area contributed by atoms with E-state index in [0.29, 0.717) is 13.2 Å². The van der Waals surface area contributed by atoms with E-state index < -0.39 is 0 Å². The van der Waals surface area contributed by atoms with Crippen LogP contribution in [0.3, 0.4) is 0 Å². The Morgan fingerprint density at radius 1 is 1.05 bits per heavy atom. The average Bonchev–Trinajstić information content (AvgIpc) is 2.47. The van der Waals surface area contributed by atoms with Crippen molar-refractivity contribution >= 4 is 0 Å². The Labute approximate surface area is 120 Å². The first kappa shape index (κ1) is 14.2. The van der Waals surface area contributed by atoms with E-state index >= 15 is 0 Å². The van der Waals surface area contributed by atoms with Gasteiger partial charge in [-0.3, -0.25) is 0 Å². The summed E-state index contributed by atoms with van der Waals surface area (Å²) in [6, 6.07) is 14.0. The van der Waals surface area contributed by atoms with Crippen LogP contribution in [-0.4, -0.2) is 6.61 Å². The third-order valence-electron chi connectivity index (χ3n) is 3.04. The van der Waals surface area contributed by atoms with E-state index in [-0.39, 0.29) is 0 Å². The quantitative estimate of drug-likeness (QED) is 0.865. The number of hydrogen-bond donors (Lipinski definition) is 1. The number of rotatable bonds is 3. The summed E-state index contributed by atoms with van der Waals surface area (Å²) in [5.41, 5.74) is 9.84. The van der Waals surface area contributed by atoms with E-state index in [9.17, 15) is 0 Å². The molecule has 0 aliphatic heterocycles. The summed E-state index contributed by atoms with van der Waals surface area (Å²) in [6.07, 6.45) is 0. The van der Waals surface area contributed by atoms with E-state index in [1.165, 1.54) is 0 Å². The van der Waals surface area contributed by atoms with Gasteiger partial charge in [-0.1, -0.05) is 24.0 Å². The molecule has 0 saturated carbocycles. The second kappa shape index (κ2) is 6.79. The lowest BCUT2D eigenvalue weighted by molar-refractivity contribution is 0.340. The van der Waals surface area contributed by atoms with E-state index in [1.807, 2.05) is 56.3 Å². The van der Waals surface area contributed by atoms with E-state index in [2.05, 4.69) is 11.8 Å². The van der Waals surface area contributed by atoms with Crippen molar-refractivity contribution in [3.63, 3.8) is 0 Å². The van der Waals surface area contributed by atoms with Gasteiger partial charge < -0.3 is 10.5 Å². The fourth-order valence-corrected chi connectivity index (χ4v) is 1.90. The van der Waals surface area contributed by atoms with Gasteiger partial charge in [-0.25, -0.2) is 0 Å². The lowest BCUT2D eigenvalue weighted by Crippen LogP contribution is -1.95. The van der Waals surface area contributed by atoms with Crippen LogP contribution in [0.4, 0.5) is 0 Å². The fourth-order valence-electron chi connectivity index (χ4n) is 1.90. The minimum atomic E-state index is 0.561. The molecule has 2 heteroatoms. The zero-order chi connectivity index (χ0) is 14.4. The molecule has 2 aromatic carbocycles. The third kappa shape index (κ3) is 3.63. The van der Waals surface area contributed by atoms with Crippen molar-refractivity contribution < 1.29 is 4.74 Å². The summed E-state index contributed by atoms with van der Waals surface area (Å²) in [7, 11) is 0. The van der Waals surface area contributed by atoms with E-state index in [0.717, 1.165) is 28.0 Å². The number of aryl methyl sites for hydroxylation is 1. The smallest absolute Gasteiger partial charge is 0.119 e. The van der Waals surface area contributed by atoms with Gasteiger partial charge >= 0.3 is 0 Å². The van der Waals surface area contributed by atoms with Crippen molar-refractivity contribution in [2.24, 2.45) is 5.73 Å². The molecular formula is C18H19NO. The topological polar surface area (TPSA) is 35.2 Å². The Balaban J connectivity index is 2.19. The Hall–Kier alpha value is -2.24. The molecule has 2 rings (SSSR count). The minimum Gasteiger partial charge on any atom is -0.494 e. The first-order valence-corrected chi connectivity index (χ1v) is 6.77. The van der Waals surface area contributed by atoms with Crippen LogP contribution < -0.4 is 10.5 Å². The van der Waals surface area contributed by atoms with Crippen molar-refractivity contribution in [1.82, 2.24) is 0 Å². The van der Waals surface area contributed by atoms with Crippen LogP contribution in [-0.2, 0) is 6.54 Å². The highest BCUT2D eigenvalue weighted by atomic mass is 16.5. The molecule has 0 atom stereocenters. The number of nitrogens with two attached hydrogens (primary N) is 1. The van der Waals surface area contributed by atoms with Crippen LogP contribution in [0.5, 0.6) is 5.75 Å². The van der Waals surface area contributed by atoms with Gasteiger partial charge in [0.05, 0.1) is 6.61 Å². The minimum absolute atomic E-state index is 0.561. The maximum atomic E-state index is 5.58. The Morgan fingerprint density at radius 2 is 1.80 bits per heavy atom. The summed E-state index contributed by atoms with van der Waals surface area (Å²) < 4.78 is 5.47. The fraction of sp³-hybridized carbons (Fsp3) is 0.222. The predicted molar refractivity (Wildman–Crippen MR) is 82.7 cm³/mol. The average molecular weight is 265 g/mol. The monoisotopic (exact) mass is 265 g/mol. The van der Waals surface area contributed by atoms with Gasteiger partial charge in [0.2, 0.25) is 0 Å². The highest BCUT2D eigenvalue weighted by Crippen LogP contribution is 2.16. The van der Waals surface area contributed by atoms with E-state index in [1.54, 1.807) is 0 Å². The molecule has 0 aliphatic rings. The van der Waals surface area contributed by atoms with Crippen LogP contribution in [0.25, 0.3) is 0 Å². The molecule has 0 fully saturated rings. The van der Waals surface area contributed by atoms with Gasteiger partial charge in [0, 0.05) is 17.7 Å². The van der Waals surface area contributed by atoms with Gasteiger partial charge in [0.1, 0.15) is 5.75 Å². The Morgan fingerprint density at radius 3 is 2.40 bits per heavy atom. The molecule has 2 nitrogen and oxygen atoms in total. The summed E-state index contributed by atoms with van der Waals surface area (Å²) in [6.45, 7) is 5.27. The van der Waals surface area contributed by atoms with Crippen LogP contribution in [0, 0.1) is 18.8 Å². The molecule has 0 unspecified atom stereocenters. The molecule has 20 heavy (non-hydrogen) atoms. The molecule has 0 aliphatic carbocycles. The molecule has 2 N–H and O–H groups in total. The molecule has 0 saturated heterocycles. The zero-order valence-corrected chi connectivity index (χ0v) is 11.9. The van der Waals surface area contributed by atoms with Gasteiger partial charge in [-0.2, -0.15) is 0 Å². The molecule has 0 radical (unpaired) electrons. The van der Waals surface area contributed by atoms with Crippen molar-refractivity contribution in [3.8, 4) is 17.6 Å². The summed E-state index contributed by atoms with van der Waals surface area (Å²) in [5.74, 6) is 7.26. The van der Waals surface area contributed by atoms with Gasteiger partial charge in [0.25, 0.3) is 0 Å². The normalized spacial score (nSPS) is 9.75. The van der Waals surface area contributed by atoms with Crippen LogP contribution in [0.15, 0.2) is 42.5 Å². The van der Waals surface area contributed by atoms with Gasteiger partial charge in [0.15, 0.2) is 0 Å². The van der Waals surface area contributed by atoms with Crippen molar-refractivity contribution in [2.75, 3.05) is 6.61 Å². The first-order valence-electron chi connectivity index (χ1n) is 6.77. The lowest BCUT2D eigenvalue weighted by Gasteiger charge is -2.04. The molecule has 0 heterocycles. The highest BCUT2D eigenvalue weighted by molar-refractivity contribution is 5.48. The largest absolute Gasteiger partial charge is 0.494 e. The third-order valence-corrected chi connectivity index (χ3v) is 3.04. The molecule has 0 amide bonds. The number of hydrogen-bond acceptors (Lipinski definition) is 2. The standard InChI is InChI=1S/C18H19NO/c1-3-20-18-11-10-17(14(2)12-18)9-8-15-4-6-16(13-19)7-5-15/h4-7,10-12H,3,13,19H2,1-2H3. The predicted octanol–water partition coefficient (Wildman–Crippen LogP) is 3.25. The SMILES string of the molecule is CCOc1ccc(C#Cc2ccc(CN)cc2)c(C)c1. The second-order valence-corrected chi connectivity index (χ2v) is 4.56. The zero-order valence-electron chi connectivity index (χ0n) is 11.9. The maximum Gasteiger partial charge on any atom is 0.119 e. The summed E-state index contributed by atoms with van der Waals surface area (Å²) in [4.78, 5) is 0. The maximum absolute atomic E-state index is 5.58. The molecule has 102 valence electrons. The van der Waals surface area contributed by atoms with Crippen molar-refractivity contribution in [1.29, 1.82) is 0 Å². The molecule has 0 aromatic heterocycles.